The molecule has 2 saturated carbocycles. The lowest BCUT2D eigenvalue weighted by Crippen LogP contribution is -2.29. The van der Waals surface area contributed by atoms with Crippen LogP contribution in [0.25, 0.3) is 0 Å². The molecule has 4 rings (SSSR count). The smallest absolute Gasteiger partial charge is 0.223 e. The lowest BCUT2D eigenvalue weighted by molar-refractivity contribution is -0.123. The summed E-state index contributed by atoms with van der Waals surface area (Å²) < 4.78 is 11.0. The SMILES string of the molecule is O=C(NCc1ccc(OCC2CC2)nc1)C1CC12CCOCC2. The summed E-state index contributed by atoms with van der Waals surface area (Å²) in [4.78, 5) is 16.6. The minimum Gasteiger partial charge on any atom is -0.477 e. The van der Waals surface area contributed by atoms with Crippen molar-refractivity contribution in [1.29, 1.82) is 0 Å². The molecule has 124 valence electrons. The van der Waals surface area contributed by atoms with Gasteiger partial charge in [-0.25, -0.2) is 4.98 Å². The first-order valence-corrected chi connectivity index (χ1v) is 8.68. The monoisotopic (exact) mass is 316 g/mol. The van der Waals surface area contributed by atoms with Crippen LogP contribution in [0.5, 0.6) is 5.88 Å². The number of ether oxygens (including phenoxy) is 2. The summed E-state index contributed by atoms with van der Waals surface area (Å²) in [5.74, 6) is 1.77. The van der Waals surface area contributed by atoms with Crippen molar-refractivity contribution in [1.82, 2.24) is 10.3 Å². The van der Waals surface area contributed by atoms with Crippen molar-refractivity contribution in [3.05, 3.63) is 23.9 Å². The molecule has 1 aromatic heterocycles. The van der Waals surface area contributed by atoms with Gasteiger partial charge in [0.05, 0.1) is 6.61 Å². The van der Waals surface area contributed by atoms with Crippen LogP contribution in [0.2, 0.25) is 0 Å². The van der Waals surface area contributed by atoms with Gasteiger partial charge in [-0.15, -0.1) is 0 Å². The lowest BCUT2D eigenvalue weighted by Gasteiger charge is -2.22. The van der Waals surface area contributed by atoms with E-state index in [-0.39, 0.29) is 17.2 Å². The summed E-state index contributed by atoms with van der Waals surface area (Å²) in [5.41, 5.74) is 1.25. The molecule has 3 aliphatic rings. The van der Waals surface area contributed by atoms with Crippen LogP contribution in [0.3, 0.4) is 0 Å². The van der Waals surface area contributed by atoms with E-state index in [0.717, 1.165) is 50.6 Å². The van der Waals surface area contributed by atoms with Crippen molar-refractivity contribution < 1.29 is 14.3 Å². The third-order valence-electron chi connectivity index (χ3n) is 5.42. The highest BCUT2D eigenvalue weighted by Gasteiger charge is 2.57. The van der Waals surface area contributed by atoms with Crippen molar-refractivity contribution in [2.75, 3.05) is 19.8 Å². The maximum Gasteiger partial charge on any atom is 0.223 e. The van der Waals surface area contributed by atoms with Crippen LogP contribution < -0.4 is 10.1 Å². The van der Waals surface area contributed by atoms with E-state index in [4.69, 9.17) is 9.47 Å². The number of aromatic nitrogens is 1. The number of rotatable bonds is 6. The molecule has 0 radical (unpaired) electrons. The van der Waals surface area contributed by atoms with Crippen molar-refractivity contribution in [2.45, 2.75) is 38.6 Å². The van der Waals surface area contributed by atoms with Gasteiger partial charge in [-0.1, -0.05) is 6.07 Å². The molecule has 3 fully saturated rings. The normalized spacial score (nSPS) is 25.1. The maximum absolute atomic E-state index is 12.3. The van der Waals surface area contributed by atoms with E-state index in [1.807, 2.05) is 12.1 Å². The van der Waals surface area contributed by atoms with Crippen molar-refractivity contribution in [2.24, 2.45) is 17.3 Å². The van der Waals surface area contributed by atoms with Crippen LogP contribution in [0.15, 0.2) is 18.3 Å². The molecule has 5 nitrogen and oxygen atoms in total. The second-order valence-electron chi connectivity index (χ2n) is 7.21. The quantitative estimate of drug-likeness (QED) is 0.875. The molecule has 2 aliphatic carbocycles. The first-order chi connectivity index (χ1) is 11.3. The molecule has 1 N–H and O–H groups in total. The van der Waals surface area contributed by atoms with E-state index >= 15 is 0 Å². The molecule has 2 heterocycles. The molecule has 1 amide bonds. The number of carbonyl (C=O) groups excluding carboxylic acids is 1. The second kappa shape index (κ2) is 6.11. The predicted molar refractivity (Wildman–Crippen MR) is 84.9 cm³/mol. The Bertz CT molecular complexity index is 562. The van der Waals surface area contributed by atoms with Crippen molar-refractivity contribution >= 4 is 5.91 Å². The number of nitrogens with one attached hydrogen (secondary N) is 1. The van der Waals surface area contributed by atoms with E-state index in [2.05, 4.69) is 10.3 Å². The Morgan fingerprint density at radius 3 is 2.87 bits per heavy atom. The molecule has 23 heavy (non-hydrogen) atoms. The fraction of sp³-hybridized carbons (Fsp3) is 0.667. The van der Waals surface area contributed by atoms with Crippen LogP contribution in [-0.4, -0.2) is 30.7 Å². The van der Waals surface area contributed by atoms with E-state index in [1.165, 1.54) is 12.8 Å². The second-order valence-corrected chi connectivity index (χ2v) is 7.21. The Hall–Kier alpha value is -1.62. The Morgan fingerprint density at radius 1 is 1.35 bits per heavy atom. The Kier molecular flexibility index (Phi) is 3.97. The topological polar surface area (TPSA) is 60.5 Å². The molecule has 1 aliphatic heterocycles. The summed E-state index contributed by atoms with van der Waals surface area (Å²) in [6.07, 6.45) is 7.42. The van der Waals surface area contributed by atoms with Gasteiger partial charge in [-0.3, -0.25) is 4.79 Å². The van der Waals surface area contributed by atoms with Crippen LogP contribution >= 0.6 is 0 Å². The van der Waals surface area contributed by atoms with Crippen molar-refractivity contribution in [3.63, 3.8) is 0 Å². The van der Waals surface area contributed by atoms with Gasteiger partial charge in [0.2, 0.25) is 11.8 Å². The number of amides is 1. The highest BCUT2D eigenvalue weighted by molar-refractivity contribution is 5.82. The van der Waals surface area contributed by atoms with Gasteiger partial charge >= 0.3 is 0 Å². The predicted octanol–water partition coefficient (Wildman–Crippen LogP) is 2.30. The fourth-order valence-electron chi connectivity index (χ4n) is 3.45. The highest BCUT2D eigenvalue weighted by Crippen LogP contribution is 2.59. The summed E-state index contributed by atoms with van der Waals surface area (Å²) in [5, 5.41) is 3.05. The standard InChI is InChI=1S/C18H24N2O3/c21-17(15-9-18(15)5-7-22-8-6-18)20-11-14-3-4-16(19-10-14)23-12-13-1-2-13/h3-4,10,13,15H,1-2,5-9,11-12H2,(H,20,21). The fourth-order valence-corrected chi connectivity index (χ4v) is 3.45. The van der Waals surface area contributed by atoms with E-state index in [1.54, 1.807) is 6.20 Å². The largest absolute Gasteiger partial charge is 0.477 e. The van der Waals surface area contributed by atoms with Gasteiger partial charge in [0, 0.05) is 37.9 Å². The summed E-state index contributed by atoms with van der Waals surface area (Å²) in [6, 6.07) is 3.87. The van der Waals surface area contributed by atoms with Gasteiger partial charge in [-0.05, 0) is 49.0 Å². The molecule has 0 bridgehead atoms. The van der Waals surface area contributed by atoms with Crippen LogP contribution in [0.1, 0.15) is 37.7 Å². The average molecular weight is 316 g/mol. The summed E-state index contributed by atoms with van der Waals surface area (Å²) in [7, 11) is 0. The number of carbonyl (C=O) groups is 1. The summed E-state index contributed by atoms with van der Waals surface area (Å²) >= 11 is 0. The van der Waals surface area contributed by atoms with Gasteiger partial charge in [0.15, 0.2) is 0 Å². The van der Waals surface area contributed by atoms with E-state index in [9.17, 15) is 4.79 Å². The number of nitrogens with zero attached hydrogens (tertiary/aromatic N) is 1. The van der Waals surface area contributed by atoms with Gasteiger partial charge in [-0.2, -0.15) is 0 Å². The van der Waals surface area contributed by atoms with E-state index < -0.39 is 0 Å². The third kappa shape index (κ3) is 3.50. The molecular formula is C18H24N2O3. The first kappa shape index (κ1) is 14.9. The van der Waals surface area contributed by atoms with Crippen molar-refractivity contribution in [3.8, 4) is 5.88 Å². The molecule has 1 spiro atoms. The first-order valence-electron chi connectivity index (χ1n) is 8.68. The Morgan fingerprint density at radius 2 is 2.17 bits per heavy atom. The summed E-state index contributed by atoms with van der Waals surface area (Å²) in [6.45, 7) is 2.92. The average Bonchev–Trinajstić information content (AvgIpc) is 3.50. The molecule has 5 heteroatoms. The highest BCUT2D eigenvalue weighted by atomic mass is 16.5. The number of hydrogen-bond donors (Lipinski definition) is 1. The zero-order chi connectivity index (χ0) is 15.7. The van der Waals surface area contributed by atoms with Gasteiger partial charge in [0.25, 0.3) is 0 Å². The van der Waals surface area contributed by atoms with E-state index in [0.29, 0.717) is 12.4 Å². The van der Waals surface area contributed by atoms with Gasteiger partial charge in [0.1, 0.15) is 0 Å². The Labute approximate surface area is 136 Å². The molecule has 1 unspecified atom stereocenters. The maximum atomic E-state index is 12.3. The van der Waals surface area contributed by atoms with Gasteiger partial charge < -0.3 is 14.8 Å². The molecule has 0 aromatic carbocycles. The van der Waals surface area contributed by atoms with Crippen LogP contribution in [0, 0.1) is 17.3 Å². The molecular weight excluding hydrogens is 292 g/mol. The lowest BCUT2D eigenvalue weighted by atomic mass is 9.93. The van der Waals surface area contributed by atoms with Crippen LogP contribution in [-0.2, 0) is 16.1 Å². The Balaban J connectivity index is 1.23. The molecule has 1 atom stereocenters. The minimum absolute atomic E-state index is 0.181. The molecule has 1 aromatic rings. The number of hydrogen-bond acceptors (Lipinski definition) is 4. The third-order valence-corrected chi connectivity index (χ3v) is 5.42. The molecule has 1 saturated heterocycles. The van der Waals surface area contributed by atoms with Crippen LogP contribution in [0.4, 0.5) is 0 Å². The minimum atomic E-state index is 0.181. The zero-order valence-corrected chi connectivity index (χ0v) is 13.4. The zero-order valence-electron chi connectivity index (χ0n) is 13.4. The number of pyridine rings is 1.